The molecule has 1 aliphatic carbocycles. The molecule has 1 aliphatic rings. The zero-order valence-electron chi connectivity index (χ0n) is 24.2. The lowest BCUT2D eigenvalue weighted by atomic mass is 9.71. The molecule has 3 aromatic carbocycles. The van der Waals surface area contributed by atoms with Crippen LogP contribution in [0.3, 0.4) is 0 Å². The summed E-state index contributed by atoms with van der Waals surface area (Å²) >= 11 is 0. The number of rotatable bonds is 2. The minimum absolute atomic E-state index is 0.230. The van der Waals surface area contributed by atoms with Crippen LogP contribution in [0.2, 0.25) is 0 Å². The van der Waals surface area contributed by atoms with Crippen LogP contribution in [0.5, 0.6) is 0 Å². The van der Waals surface area contributed by atoms with Crippen molar-refractivity contribution >= 4 is 49.0 Å². The Morgan fingerprint density at radius 1 is 0.921 bits per heavy atom. The molecule has 0 radical (unpaired) electrons. The van der Waals surface area contributed by atoms with Crippen molar-refractivity contribution in [1.29, 1.82) is 0 Å². The van der Waals surface area contributed by atoms with E-state index in [0.29, 0.717) is 11.3 Å². The van der Waals surface area contributed by atoms with Gasteiger partial charge < -0.3 is 4.40 Å². The summed E-state index contributed by atoms with van der Waals surface area (Å²) in [6.45, 7) is 14.2. The molecule has 38 heavy (non-hydrogen) atoms. The first-order chi connectivity index (χ1) is 18.0. The molecule has 0 saturated heterocycles. The maximum atomic E-state index is 2.63. The summed E-state index contributed by atoms with van der Waals surface area (Å²) in [5.74, 6) is 0.647. The number of aromatic nitrogens is 2. The third kappa shape index (κ3) is 3.49. The molecular weight excluding hydrogens is 460 g/mol. The van der Waals surface area contributed by atoms with Gasteiger partial charge in [-0.3, -0.25) is 0 Å². The number of aryl methyl sites for hydroxylation is 2. The molecule has 1 saturated carbocycles. The van der Waals surface area contributed by atoms with Crippen LogP contribution in [0.1, 0.15) is 82.9 Å². The Bertz CT molecular complexity index is 1870. The van der Waals surface area contributed by atoms with Crippen LogP contribution in [0.15, 0.2) is 54.7 Å². The highest BCUT2D eigenvalue weighted by Crippen LogP contribution is 2.46. The molecule has 2 nitrogen and oxygen atoms in total. The van der Waals surface area contributed by atoms with E-state index in [1.165, 1.54) is 91.4 Å². The molecule has 3 aromatic heterocycles. The van der Waals surface area contributed by atoms with Crippen LogP contribution in [0, 0.1) is 17.8 Å². The number of nitrogens with zero attached hydrogens (tertiary/aromatic N) is 2. The SMILES string of the molecule is Cc1ccc2c3c(CC(C)(C)C)cccc3n3c4cc(C5CCC(C)(C)CC5)cc5cc[n+](C)c(c1c23)c54. The molecule has 0 spiro atoms. The molecule has 7 rings (SSSR count). The predicted octanol–water partition coefficient (Wildman–Crippen LogP) is 9.40. The van der Waals surface area contributed by atoms with Gasteiger partial charge in [-0.2, -0.15) is 0 Å². The normalized spacial score (nSPS) is 17.1. The highest BCUT2D eigenvalue weighted by atomic mass is 15.0. The van der Waals surface area contributed by atoms with Gasteiger partial charge >= 0.3 is 0 Å². The zero-order valence-corrected chi connectivity index (χ0v) is 24.2. The monoisotopic (exact) mass is 501 g/mol. The number of fused-ring (bicyclic) bond motifs is 5. The summed E-state index contributed by atoms with van der Waals surface area (Å²) in [6, 6.07) is 19.2. The minimum atomic E-state index is 0.230. The first kappa shape index (κ1) is 23.9. The van der Waals surface area contributed by atoms with Crippen LogP contribution in [0.4, 0.5) is 0 Å². The fourth-order valence-corrected chi connectivity index (χ4v) is 7.55. The zero-order chi connectivity index (χ0) is 26.6. The van der Waals surface area contributed by atoms with Crippen LogP contribution in [0.25, 0.3) is 49.0 Å². The smallest absolute Gasteiger partial charge is 0.224 e. The van der Waals surface area contributed by atoms with Crippen molar-refractivity contribution in [3.63, 3.8) is 0 Å². The lowest BCUT2D eigenvalue weighted by molar-refractivity contribution is -0.643. The number of hydrogen-bond acceptors (Lipinski definition) is 0. The van der Waals surface area contributed by atoms with Gasteiger partial charge in [0.25, 0.3) is 0 Å². The van der Waals surface area contributed by atoms with Gasteiger partial charge in [0.05, 0.1) is 27.3 Å². The molecule has 0 unspecified atom stereocenters. The average molecular weight is 502 g/mol. The van der Waals surface area contributed by atoms with E-state index >= 15 is 0 Å². The number of hydrogen-bond donors (Lipinski definition) is 0. The quantitative estimate of drug-likeness (QED) is 0.127. The highest BCUT2D eigenvalue weighted by molar-refractivity contribution is 6.26. The Balaban J connectivity index is 1.65. The summed E-state index contributed by atoms with van der Waals surface area (Å²) in [4.78, 5) is 0. The van der Waals surface area contributed by atoms with Gasteiger partial charge in [-0.15, -0.1) is 0 Å². The third-order valence-corrected chi connectivity index (χ3v) is 9.50. The molecule has 0 aliphatic heterocycles. The second-order valence-corrected chi connectivity index (χ2v) is 14.3. The summed E-state index contributed by atoms with van der Waals surface area (Å²) in [5.41, 5.74) is 10.5. The maximum Gasteiger partial charge on any atom is 0.224 e. The largest absolute Gasteiger partial charge is 0.307 e. The van der Waals surface area contributed by atoms with Gasteiger partial charge in [-0.25, -0.2) is 4.57 Å². The lowest BCUT2D eigenvalue weighted by Crippen LogP contribution is -2.29. The molecule has 2 heteroatoms. The Morgan fingerprint density at radius 3 is 2.42 bits per heavy atom. The molecule has 0 atom stereocenters. The Morgan fingerprint density at radius 2 is 1.68 bits per heavy atom. The maximum absolute atomic E-state index is 2.63. The van der Waals surface area contributed by atoms with E-state index in [2.05, 4.69) is 112 Å². The van der Waals surface area contributed by atoms with E-state index in [9.17, 15) is 0 Å². The van der Waals surface area contributed by atoms with Crippen molar-refractivity contribution in [2.75, 3.05) is 0 Å². The van der Waals surface area contributed by atoms with Crippen molar-refractivity contribution in [1.82, 2.24) is 4.40 Å². The molecule has 0 bridgehead atoms. The molecule has 6 aromatic rings. The second-order valence-electron chi connectivity index (χ2n) is 14.3. The topological polar surface area (TPSA) is 8.29 Å². The predicted molar refractivity (Wildman–Crippen MR) is 163 cm³/mol. The molecule has 0 amide bonds. The van der Waals surface area contributed by atoms with Crippen molar-refractivity contribution in [3.8, 4) is 0 Å². The first-order valence-corrected chi connectivity index (χ1v) is 14.6. The Labute approximate surface area is 226 Å². The minimum Gasteiger partial charge on any atom is -0.307 e. The van der Waals surface area contributed by atoms with E-state index in [1.807, 2.05) is 0 Å². The average Bonchev–Trinajstić information content (AvgIpc) is 3.19. The van der Waals surface area contributed by atoms with Gasteiger partial charge in [-0.1, -0.05) is 65.0 Å². The summed E-state index contributed by atoms with van der Waals surface area (Å²) in [6.07, 6.45) is 8.55. The summed E-state index contributed by atoms with van der Waals surface area (Å²) < 4.78 is 4.98. The standard InChI is InChI=1S/C36H41N2/c1-22-11-12-27-31-25(21-35(2,3)4)9-8-10-28(31)38-29-20-26(23-13-16-36(5,6)17-14-23)19-24-15-18-37(7)34(32(24)29)30(22)33(27)38/h8-12,15,18-20,23H,13-14,16-17,21H2,1-7H3/q+1. The fourth-order valence-electron chi connectivity index (χ4n) is 7.55. The first-order valence-electron chi connectivity index (χ1n) is 14.6. The Hall–Kier alpha value is -3.13. The van der Waals surface area contributed by atoms with E-state index in [-0.39, 0.29) is 5.41 Å². The summed E-state index contributed by atoms with van der Waals surface area (Å²) in [7, 11) is 2.22. The van der Waals surface area contributed by atoms with Crippen LogP contribution >= 0.6 is 0 Å². The summed E-state index contributed by atoms with van der Waals surface area (Å²) in [5, 5.41) is 7.01. The highest BCUT2D eigenvalue weighted by Gasteiger charge is 2.30. The van der Waals surface area contributed by atoms with Gasteiger partial charge in [0.15, 0.2) is 6.20 Å². The lowest BCUT2D eigenvalue weighted by Gasteiger charge is -2.34. The van der Waals surface area contributed by atoms with Gasteiger partial charge in [-0.05, 0) is 90.0 Å². The van der Waals surface area contributed by atoms with Gasteiger partial charge in [0.1, 0.15) is 7.05 Å². The molecule has 0 N–H and O–H groups in total. The van der Waals surface area contributed by atoms with Crippen LogP contribution in [-0.2, 0) is 13.5 Å². The van der Waals surface area contributed by atoms with E-state index < -0.39 is 0 Å². The van der Waals surface area contributed by atoms with Crippen LogP contribution < -0.4 is 4.57 Å². The Kier molecular flexibility index (Phi) is 5.01. The van der Waals surface area contributed by atoms with E-state index in [0.717, 1.165) is 6.42 Å². The molecule has 194 valence electrons. The van der Waals surface area contributed by atoms with Crippen molar-refractivity contribution in [2.45, 2.75) is 79.6 Å². The van der Waals surface area contributed by atoms with Crippen molar-refractivity contribution in [3.05, 3.63) is 71.4 Å². The third-order valence-electron chi connectivity index (χ3n) is 9.50. The van der Waals surface area contributed by atoms with E-state index in [1.54, 1.807) is 0 Å². The van der Waals surface area contributed by atoms with Gasteiger partial charge in [0, 0.05) is 16.8 Å². The number of benzene rings is 3. The van der Waals surface area contributed by atoms with Crippen LogP contribution in [-0.4, -0.2) is 4.40 Å². The molecule has 3 heterocycles. The molecular formula is C36H41N2+. The van der Waals surface area contributed by atoms with Crippen molar-refractivity contribution < 1.29 is 4.57 Å². The van der Waals surface area contributed by atoms with Crippen molar-refractivity contribution in [2.24, 2.45) is 17.9 Å². The van der Waals surface area contributed by atoms with Gasteiger partial charge in [0.2, 0.25) is 5.52 Å². The number of pyridine rings is 2. The van der Waals surface area contributed by atoms with E-state index in [4.69, 9.17) is 0 Å². The fraction of sp³-hybridized carbons (Fsp3) is 0.417. The second kappa shape index (κ2) is 7.94. The molecule has 1 fully saturated rings.